The molecule has 0 aromatic heterocycles. The third kappa shape index (κ3) is 2.75. The monoisotopic (exact) mass is 470 g/mol. The van der Waals surface area contributed by atoms with Gasteiger partial charge >= 0.3 is 5.97 Å². The van der Waals surface area contributed by atoms with E-state index in [9.17, 15) is 14.4 Å². The van der Waals surface area contributed by atoms with Gasteiger partial charge in [-0.15, -0.1) is 0 Å². The molecule has 0 unspecified atom stereocenters. The van der Waals surface area contributed by atoms with Crippen molar-refractivity contribution >= 4 is 17.5 Å². The molecule has 4 heteroatoms. The van der Waals surface area contributed by atoms with Gasteiger partial charge in [0.2, 0.25) is 0 Å². The fraction of sp³-hybridized carbons (Fsp3) is 0.900. The molecule has 0 aromatic carbocycles. The van der Waals surface area contributed by atoms with Crippen LogP contribution >= 0.6 is 0 Å². The van der Waals surface area contributed by atoms with Crippen LogP contribution in [-0.4, -0.2) is 24.6 Å². The van der Waals surface area contributed by atoms with E-state index in [-0.39, 0.29) is 45.2 Å². The lowest BCUT2D eigenvalue weighted by Gasteiger charge is -2.72. The van der Waals surface area contributed by atoms with Gasteiger partial charge in [-0.25, -0.2) is 0 Å². The Morgan fingerprint density at radius 1 is 0.824 bits per heavy atom. The number of rotatable bonds is 2. The molecule has 5 aliphatic carbocycles. The predicted molar refractivity (Wildman–Crippen MR) is 132 cm³/mol. The molecule has 0 radical (unpaired) electrons. The second-order valence-electron chi connectivity index (χ2n) is 14.2. The molecule has 5 fully saturated rings. The molecule has 0 aromatic rings. The minimum atomic E-state index is -0.473. The third-order valence-corrected chi connectivity index (χ3v) is 13.3. The maximum atomic E-state index is 13.3. The molecule has 4 nitrogen and oxygen atoms in total. The number of carbonyl (C=O) groups is 3. The number of Topliss-reactive ketones (excluding diaryl/α,β-unsaturated/α-hetero) is 2. The first-order valence-corrected chi connectivity index (χ1v) is 13.9. The van der Waals surface area contributed by atoms with Crippen molar-refractivity contribution in [1.29, 1.82) is 0 Å². The van der Waals surface area contributed by atoms with Crippen LogP contribution in [0.5, 0.6) is 0 Å². The number of methoxy groups -OCH3 is 1. The zero-order chi connectivity index (χ0) is 24.9. The van der Waals surface area contributed by atoms with Crippen molar-refractivity contribution in [2.24, 2.45) is 56.7 Å². The molecule has 0 saturated heterocycles. The summed E-state index contributed by atoms with van der Waals surface area (Å²) in [6.07, 6.45) is 9.80. The number of hydrogen-bond donors (Lipinski definition) is 0. The first kappa shape index (κ1) is 24.5. The summed E-state index contributed by atoms with van der Waals surface area (Å²) < 4.78 is 5.40. The Hall–Kier alpha value is -1.19. The van der Waals surface area contributed by atoms with E-state index in [1.54, 1.807) is 6.92 Å². The van der Waals surface area contributed by atoms with Crippen LogP contribution in [0.25, 0.3) is 0 Å². The summed E-state index contributed by atoms with van der Waals surface area (Å²) >= 11 is 0. The van der Waals surface area contributed by atoms with Gasteiger partial charge in [0, 0.05) is 17.8 Å². The predicted octanol–water partition coefficient (Wildman–Crippen LogP) is 6.40. The van der Waals surface area contributed by atoms with Crippen LogP contribution in [0.4, 0.5) is 0 Å². The summed E-state index contributed by atoms with van der Waals surface area (Å²) in [4.78, 5) is 39.0. The van der Waals surface area contributed by atoms with Crippen LogP contribution in [-0.2, 0) is 19.1 Å². The van der Waals surface area contributed by atoms with Gasteiger partial charge in [-0.2, -0.15) is 0 Å². The zero-order valence-electron chi connectivity index (χ0n) is 22.6. The lowest BCUT2D eigenvalue weighted by Crippen LogP contribution is -2.66. The highest BCUT2D eigenvalue weighted by Gasteiger charge is 2.72. The SMILES string of the molecule is COC(=O)[C@]12CC[C@@H](C(C)=O)[C@@H]1[C@H]1CC[C@@H]3[C@@]4(C)CCC(=O)C(C)(C)[C@@H]4CC[C@@]3(C)[C@]1(C)CC2. The second kappa shape index (κ2) is 7.42. The first-order valence-electron chi connectivity index (χ1n) is 13.9. The molecule has 0 amide bonds. The van der Waals surface area contributed by atoms with Gasteiger partial charge in [0.15, 0.2) is 0 Å². The van der Waals surface area contributed by atoms with E-state index < -0.39 is 5.41 Å². The molecule has 5 aliphatic rings. The molecule has 5 rings (SSSR count). The number of carbonyl (C=O) groups excluding carboxylic acids is 3. The Labute approximate surface area is 206 Å². The maximum absolute atomic E-state index is 13.3. The second-order valence-corrected chi connectivity index (χ2v) is 14.2. The van der Waals surface area contributed by atoms with Crippen LogP contribution in [0.2, 0.25) is 0 Å². The lowest BCUT2D eigenvalue weighted by atomic mass is 9.32. The largest absolute Gasteiger partial charge is 0.469 e. The quantitative estimate of drug-likeness (QED) is 0.438. The Morgan fingerprint density at radius 3 is 2.18 bits per heavy atom. The first-order chi connectivity index (χ1) is 15.8. The molecule has 5 saturated carbocycles. The van der Waals surface area contributed by atoms with Crippen LogP contribution in [0, 0.1) is 56.7 Å². The summed E-state index contributed by atoms with van der Waals surface area (Å²) in [6.45, 7) is 13.7. The Morgan fingerprint density at radius 2 is 1.53 bits per heavy atom. The Kier molecular flexibility index (Phi) is 5.34. The van der Waals surface area contributed by atoms with Gasteiger partial charge in [-0.3, -0.25) is 14.4 Å². The summed E-state index contributed by atoms with van der Waals surface area (Å²) in [7, 11) is 1.52. The summed E-state index contributed by atoms with van der Waals surface area (Å²) in [5, 5.41) is 0. The molecule has 0 aliphatic heterocycles. The van der Waals surface area contributed by atoms with E-state index in [0.29, 0.717) is 30.0 Å². The minimum absolute atomic E-state index is 0.0120. The van der Waals surface area contributed by atoms with Gasteiger partial charge in [0.1, 0.15) is 11.6 Å². The molecule has 0 N–H and O–H groups in total. The van der Waals surface area contributed by atoms with E-state index in [1.807, 2.05) is 0 Å². The Bertz CT molecular complexity index is 921. The lowest BCUT2D eigenvalue weighted by molar-refractivity contribution is -0.236. The topological polar surface area (TPSA) is 60.4 Å². The molecule has 190 valence electrons. The number of hydrogen-bond acceptors (Lipinski definition) is 4. The average molecular weight is 471 g/mol. The highest BCUT2D eigenvalue weighted by Crippen LogP contribution is 2.77. The summed E-state index contributed by atoms with van der Waals surface area (Å²) in [5.41, 5.74) is -0.243. The van der Waals surface area contributed by atoms with Crippen molar-refractivity contribution in [3.63, 3.8) is 0 Å². The van der Waals surface area contributed by atoms with E-state index in [0.717, 1.165) is 57.8 Å². The third-order valence-electron chi connectivity index (χ3n) is 13.3. The van der Waals surface area contributed by atoms with Crippen molar-refractivity contribution in [2.45, 2.75) is 106 Å². The molecule has 0 heterocycles. The van der Waals surface area contributed by atoms with E-state index in [2.05, 4.69) is 34.6 Å². The van der Waals surface area contributed by atoms with Crippen molar-refractivity contribution < 1.29 is 19.1 Å². The van der Waals surface area contributed by atoms with Crippen molar-refractivity contribution in [3.05, 3.63) is 0 Å². The molecular weight excluding hydrogens is 424 g/mol. The number of ketones is 2. The van der Waals surface area contributed by atoms with Crippen LogP contribution in [0.1, 0.15) is 106 Å². The van der Waals surface area contributed by atoms with Gasteiger partial charge < -0.3 is 4.74 Å². The molecular formula is C30H46O4. The summed E-state index contributed by atoms with van der Waals surface area (Å²) in [5.74, 6) is 2.18. The molecule has 0 spiro atoms. The van der Waals surface area contributed by atoms with E-state index in [4.69, 9.17) is 4.74 Å². The zero-order valence-corrected chi connectivity index (χ0v) is 22.6. The van der Waals surface area contributed by atoms with Crippen molar-refractivity contribution in [1.82, 2.24) is 0 Å². The Balaban J connectivity index is 1.57. The van der Waals surface area contributed by atoms with E-state index >= 15 is 0 Å². The van der Waals surface area contributed by atoms with Crippen molar-refractivity contribution in [2.75, 3.05) is 7.11 Å². The van der Waals surface area contributed by atoms with Crippen LogP contribution in [0.15, 0.2) is 0 Å². The smallest absolute Gasteiger partial charge is 0.312 e. The fourth-order valence-corrected chi connectivity index (χ4v) is 11.4. The minimum Gasteiger partial charge on any atom is -0.469 e. The van der Waals surface area contributed by atoms with Crippen LogP contribution in [0.3, 0.4) is 0 Å². The normalized spacial score (nSPS) is 51.5. The summed E-state index contributed by atoms with van der Waals surface area (Å²) in [6, 6.07) is 0. The molecule has 0 bridgehead atoms. The number of fused-ring (bicyclic) bond motifs is 7. The number of ether oxygens (including phenoxy) is 1. The van der Waals surface area contributed by atoms with Crippen molar-refractivity contribution in [3.8, 4) is 0 Å². The molecule has 34 heavy (non-hydrogen) atoms. The highest BCUT2D eigenvalue weighted by molar-refractivity contribution is 5.85. The van der Waals surface area contributed by atoms with Gasteiger partial charge in [-0.1, -0.05) is 34.6 Å². The van der Waals surface area contributed by atoms with Gasteiger partial charge in [-0.05, 0) is 105 Å². The molecule has 9 atom stereocenters. The van der Waals surface area contributed by atoms with Gasteiger partial charge in [0.05, 0.1) is 12.5 Å². The average Bonchev–Trinajstić information content (AvgIpc) is 3.18. The van der Waals surface area contributed by atoms with Crippen LogP contribution < -0.4 is 0 Å². The fourth-order valence-electron chi connectivity index (χ4n) is 11.4. The standard InChI is InChI=1S/C30H46O4/c1-18(31)19-10-15-30(25(33)34-7)17-16-28(5)20(24(19)30)8-9-22-27(4)13-12-23(32)26(2,3)21(27)11-14-29(22,28)6/h19-22,24H,8-17H2,1-7H3/t19-,20+,21-,22+,24+,27-,28+,29+,30-/m0/s1. The highest BCUT2D eigenvalue weighted by atomic mass is 16.5. The maximum Gasteiger partial charge on any atom is 0.312 e. The van der Waals surface area contributed by atoms with Gasteiger partial charge in [0.25, 0.3) is 0 Å². The number of esters is 1. The van der Waals surface area contributed by atoms with E-state index in [1.165, 1.54) is 7.11 Å².